The first kappa shape index (κ1) is 15.1. The second-order valence-corrected chi connectivity index (χ2v) is 7.57. The number of aromatic nitrogens is 1. The fourth-order valence-electron chi connectivity index (χ4n) is 5.30. The molecular formula is C21H23N3O. The van der Waals surface area contributed by atoms with E-state index < -0.39 is 0 Å². The van der Waals surface area contributed by atoms with E-state index in [-0.39, 0.29) is 5.91 Å². The molecule has 4 saturated heterocycles. The summed E-state index contributed by atoms with van der Waals surface area (Å²) in [5, 5.41) is 0. The number of amides is 1. The molecule has 0 spiro atoms. The molecule has 0 radical (unpaired) electrons. The lowest BCUT2D eigenvalue weighted by Gasteiger charge is -2.51. The van der Waals surface area contributed by atoms with Crippen molar-refractivity contribution in [3.05, 3.63) is 66.0 Å². The molecule has 5 heterocycles. The average molecular weight is 333 g/mol. The van der Waals surface area contributed by atoms with Crippen molar-refractivity contribution < 1.29 is 4.79 Å². The Morgan fingerprint density at radius 1 is 1.00 bits per heavy atom. The summed E-state index contributed by atoms with van der Waals surface area (Å²) in [5.74, 6) is 1.20. The first-order valence-corrected chi connectivity index (χ1v) is 9.33. The molecule has 25 heavy (non-hydrogen) atoms. The number of hydrogen-bond donors (Lipinski definition) is 0. The normalized spacial score (nSPS) is 33.3. The van der Waals surface area contributed by atoms with E-state index in [9.17, 15) is 4.79 Å². The van der Waals surface area contributed by atoms with Gasteiger partial charge in [-0.3, -0.25) is 14.7 Å². The molecule has 0 aliphatic carbocycles. The zero-order valence-corrected chi connectivity index (χ0v) is 14.3. The zero-order valence-electron chi connectivity index (χ0n) is 14.3. The average Bonchev–Trinajstić information content (AvgIpc) is 3.12. The second kappa shape index (κ2) is 5.95. The number of likely N-dealkylation sites (tertiary alicyclic amines) is 1. The summed E-state index contributed by atoms with van der Waals surface area (Å²) in [6.07, 6.45) is 5.87. The molecule has 4 aliphatic rings. The quantitative estimate of drug-likeness (QED) is 0.848. The summed E-state index contributed by atoms with van der Waals surface area (Å²) in [7, 11) is 0. The first-order chi connectivity index (χ1) is 12.3. The Balaban J connectivity index is 1.53. The Morgan fingerprint density at radius 2 is 1.80 bits per heavy atom. The number of benzene rings is 1. The SMILES string of the molecule is O=C(c1cccnc1)N1C[C@@H](c2ccccc2)[C@@H]2[C@H]1C1CCN2CC1. The zero-order chi connectivity index (χ0) is 16.8. The van der Waals surface area contributed by atoms with Gasteiger partial charge in [0.15, 0.2) is 0 Å². The van der Waals surface area contributed by atoms with Gasteiger partial charge in [0.25, 0.3) is 5.91 Å². The van der Waals surface area contributed by atoms with E-state index in [1.807, 2.05) is 12.1 Å². The van der Waals surface area contributed by atoms with Gasteiger partial charge in [0.1, 0.15) is 0 Å². The van der Waals surface area contributed by atoms with E-state index in [4.69, 9.17) is 0 Å². The number of carbonyl (C=O) groups excluding carboxylic acids is 1. The number of piperidine rings is 3. The molecule has 0 unspecified atom stereocenters. The van der Waals surface area contributed by atoms with Gasteiger partial charge >= 0.3 is 0 Å². The minimum absolute atomic E-state index is 0.148. The van der Waals surface area contributed by atoms with Crippen LogP contribution in [0.2, 0.25) is 0 Å². The van der Waals surface area contributed by atoms with Crippen molar-refractivity contribution in [2.45, 2.75) is 30.8 Å². The van der Waals surface area contributed by atoms with Crippen LogP contribution in [0.15, 0.2) is 54.9 Å². The van der Waals surface area contributed by atoms with Crippen LogP contribution in [0.1, 0.15) is 34.7 Å². The van der Waals surface area contributed by atoms with Crippen LogP contribution in [0.4, 0.5) is 0 Å². The van der Waals surface area contributed by atoms with Crippen LogP contribution >= 0.6 is 0 Å². The van der Waals surface area contributed by atoms with Gasteiger partial charge in [-0.15, -0.1) is 0 Å². The number of hydrogen-bond acceptors (Lipinski definition) is 3. The summed E-state index contributed by atoms with van der Waals surface area (Å²) in [5.41, 5.74) is 2.08. The van der Waals surface area contributed by atoms with Gasteiger partial charge in [-0.1, -0.05) is 30.3 Å². The third-order valence-electron chi connectivity index (χ3n) is 6.39. The lowest BCUT2D eigenvalue weighted by molar-refractivity contribution is -0.00341. The molecule has 4 heteroatoms. The fourth-order valence-corrected chi connectivity index (χ4v) is 5.30. The lowest BCUT2D eigenvalue weighted by atomic mass is 9.75. The Hall–Kier alpha value is -2.20. The minimum Gasteiger partial charge on any atom is -0.333 e. The van der Waals surface area contributed by atoms with Crippen LogP contribution in [0.5, 0.6) is 0 Å². The maximum Gasteiger partial charge on any atom is 0.255 e. The fraction of sp³-hybridized carbons (Fsp3) is 0.429. The van der Waals surface area contributed by atoms with Gasteiger partial charge in [-0.25, -0.2) is 0 Å². The summed E-state index contributed by atoms with van der Waals surface area (Å²) in [6.45, 7) is 3.19. The molecule has 1 aromatic heterocycles. The standard InChI is InChI=1S/C21H23N3O/c25-21(17-7-4-10-22-13-17)24-14-18(15-5-2-1-3-6-15)20-19(24)16-8-11-23(20)12-9-16/h1-7,10,13,16,18-20H,8-9,11-12,14H2/t18-,19+,20+/m0/s1. The van der Waals surface area contributed by atoms with Crippen molar-refractivity contribution in [3.8, 4) is 0 Å². The summed E-state index contributed by atoms with van der Waals surface area (Å²) in [6, 6.07) is 15.3. The van der Waals surface area contributed by atoms with E-state index in [1.54, 1.807) is 12.4 Å². The van der Waals surface area contributed by atoms with Gasteiger partial charge in [-0.2, -0.15) is 0 Å². The van der Waals surface area contributed by atoms with Crippen molar-refractivity contribution in [3.63, 3.8) is 0 Å². The van der Waals surface area contributed by atoms with Crippen molar-refractivity contribution in [2.24, 2.45) is 5.92 Å². The van der Waals surface area contributed by atoms with Crippen molar-refractivity contribution in [1.29, 1.82) is 0 Å². The van der Waals surface area contributed by atoms with Gasteiger partial charge in [0.2, 0.25) is 0 Å². The maximum atomic E-state index is 13.2. The predicted octanol–water partition coefficient (Wildman–Crippen LogP) is 2.78. The summed E-state index contributed by atoms with van der Waals surface area (Å²) in [4.78, 5) is 22.2. The molecule has 2 bridgehead atoms. The number of fused-ring (bicyclic) bond motifs is 2. The summed E-state index contributed by atoms with van der Waals surface area (Å²) >= 11 is 0. The topological polar surface area (TPSA) is 36.4 Å². The van der Waals surface area contributed by atoms with E-state index >= 15 is 0 Å². The molecule has 3 atom stereocenters. The monoisotopic (exact) mass is 333 g/mol. The van der Waals surface area contributed by atoms with Gasteiger partial charge in [-0.05, 0) is 49.5 Å². The number of nitrogens with zero attached hydrogens (tertiary/aromatic N) is 3. The third kappa shape index (κ3) is 2.39. The lowest BCUT2D eigenvalue weighted by Crippen LogP contribution is -2.60. The number of rotatable bonds is 2. The van der Waals surface area contributed by atoms with Gasteiger partial charge in [0.05, 0.1) is 11.6 Å². The number of carbonyl (C=O) groups is 1. The van der Waals surface area contributed by atoms with Crippen molar-refractivity contribution in [2.75, 3.05) is 19.6 Å². The van der Waals surface area contributed by atoms with Crippen LogP contribution in [0.25, 0.3) is 0 Å². The summed E-state index contributed by atoms with van der Waals surface area (Å²) < 4.78 is 0. The predicted molar refractivity (Wildman–Crippen MR) is 96.3 cm³/mol. The molecule has 4 nitrogen and oxygen atoms in total. The van der Waals surface area contributed by atoms with Gasteiger partial charge < -0.3 is 4.90 Å². The van der Waals surface area contributed by atoms with Crippen LogP contribution in [0.3, 0.4) is 0 Å². The molecule has 1 aromatic carbocycles. The highest BCUT2D eigenvalue weighted by molar-refractivity contribution is 5.94. The van der Waals surface area contributed by atoms with E-state index in [0.29, 0.717) is 29.5 Å². The molecule has 6 rings (SSSR count). The highest BCUT2D eigenvalue weighted by Gasteiger charge is 2.54. The van der Waals surface area contributed by atoms with Crippen LogP contribution in [-0.2, 0) is 0 Å². The van der Waals surface area contributed by atoms with E-state index in [1.165, 1.54) is 31.5 Å². The van der Waals surface area contributed by atoms with Crippen LogP contribution in [-0.4, -0.2) is 52.4 Å². The minimum atomic E-state index is 0.148. The Bertz CT molecular complexity index is 755. The smallest absolute Gasteiger partial charge is 0.255 e. The molecule has 4 aliphatic heterocycles. The Morgan fingerprint density at radius 3 is 2.52 bits per heavy atom. The highest BCUT2D eigenvalue weighted by atomic mass is 16.2. The number of pyridine rings is 1. The molecule has 2 aromatic rings. The molecular weight excluding hydrogens is 310 g/mol. The molecule has 0 saturated carbocycles. The Labute approximate surface area is 148 Å². The molecule has 1 amide bonds. The Kier molecular flexibility index (Phi) is 3.59. The first-order valence-electron chi connectivity index (χ1n) is 9.33. The largest absolute Gasteiger partial charge is 0.333 e. The molecule has 128 valence electrons. The van der Waals surface area contributed by atoms with Crippen molar-refractivity contribution in [1.82, 2.24) is 14.8 Å². The van der Waals surface area contributed by atoms with Crippen LogP contribution in [0, 0.1) is 5.92 Å². The molecule has 0 N–H and O–H groups in total. The highest BCUT2D eigenvalue weighted by Crippen LogP contribution is 2.46. The maximum absolute atomic E-state index is 13.2. The van der Waals surface area contributed by atoms with Crippen molar-refractivity contribution >= 4 is 5.91 Å². The van der Waals surface area contributed by atoms with Crippen LogP contribution < -0.4 is 0 Å². The van der Waals surface area contributed by atoms with Gasteiger partial charge in [0, 0.05) is 30.9 Å². The van der Waals surface area contributed by atoms with E-state index in [0.717, 1.165) is 6.54 Å². The third-order valence-corrected chi connectivity index (χ3v) is 6.39. The van der Waals surface area contributed by atoms with E-state index in [2.05, 4.69) is 45.1 Å². The molecule has 4 fully saturated rings. The second-order valence-electron chi connectivity index (χ2n) is 7.57.